The summed E-state index contributed by atoms with van der Waals surface area (Å²) in [5.74, 6) is 0.971. The predicted molar refractivity (Wildman–Crippen MR) is 69.6 cm³/mol. The van der Waals surface area contributed by atoms with E-state index in [-0.39, 0.29) is 18.9 Å². The molecule has 0 aliphatic heterocycles. The SMILES string of the molecule is COc1ccc(OCC(=O)NCCC#N)c(CN)c1. The van der Waals surface area contributed by atoms with Gasteiger partial charge in [0.05, 0.1) is 19.6 Å². The summed E-state index contributed by atoms with van der Waals surface area (Å²) in [4.78, 5) is 11.4. The number of carbonyl (C=O) groups excluding carboxylic acids is 1. The number of rotatable bonds is 7. The van der Waals surface area contributed by atoms with Crippen molar-refractivity contribution in [3.63, 3.8) is 0 Å². The molecule has 1 rings (SSSR count). The van der Waals surface area contributed by atoms with Crippen molar-refractivity contribution in [1.82, 2.24) is 5.32 Å². The van der Waals surface area contributed by atoms with Crippen LogP contribution in [-0.2, 0) is 11.3 Å². The van der Waals surface area contributed by atoms with Crippen LogP contribution in [0.25, 0.3) is 0 Å². The molecular formula is C13H17N3O3. The molecule has 0 saturated carbocycles. The van der Waals surface area contributed by atoms with Crippen molar-refractivity contribution in [1.29, 1.82) is 5.26 Å². The number of benzene rings is 1. The quantitative estimate of drug-likeness (QED) is 0.701. The van der Waals surface area contributed by atoms with Gasteiger partial charge in [-0.15, -0.1) is 0 Å². The van der Waals surface area contributed by atoms with Crippen LogP contribution in [0.3, 0.4) is 0 Å². The van der Waals surface area contributed by atoms with Crippen molar-refractivity contribution in [2.75, 3.05) is 20.3 Å². The van der Waals surface area contributed by atoms with Gasteiger partial charge in [0.15, 0.2) is 6.61 Å². The van der Waals surface area contributed by atoms with Gasteiger partial charge in [0.2, 0.25) is 0 Å². The molecule has 6 heteroatoms. The lowest BCUT2D eigenvalue weighted by Gasteiger charge is -2.11. The molecule has 1 aromatic rings. The number of nitriles is 1. The summed E-state index contributed by atoms with van der Waals surface area (Å²) in [6, 6.07) is 7.16. The van der Waals surface area contributed by atoms with Gasteiger partial charge in [0.1, 0.15) is 11.5 Å². The number of ether oxygens (including phenoxy) is 2. The van der Waals surface area contributed by atoms with E-state index in [9.17, 15) is 4.79 Å². The maximum Gasteiger partial charge on any atom is 0.257 e. The van der Waals surface area contributed by atoms with Crippen LogP contribution in [0, 0.1) is 11.3 Å². The number of nitrogens with one attached hydrogen (secondary N) is 1. The normalized spacial score (nSPS) is 9.53. The molecule has 6 nitrogen and oxygen atoms in total. The first-order chi connectivity index (χ1) is 9.21. The second kappa shape index (κ2) is 7.95. The van der Waals surface area contributed by atoms with Crippen molar-refractivity contribution < 1.29 is 14.3 Å². The third-order valence-electron chi connectivity index (χ3n) is 2.41. The van der Waals surface area contributed by atoms with Crippen LogP contribution >= 0.6 is 0 Å². The molecule has 0 spiro atoms. The second-order valence-corrected chi connectivity index (χ2v) is 3.72. The molecule has 0 aliphatic rings. The standard InChI is InChI=1S/C13H17N3O3/c1-18-11-3-4-12(10(7-11)8-15)19-9-13(17)16-6-2-5-14/h3-4,7H,2,6,8-9,15H2,1H3,(H,16,17). The zero-order valence-electron chi connectivity index (χ0n) is 10.8. The zero-order valence-corrected chi connectivity index (χ0v) is 10.8. The lowest BCUT2D eigenvalue weighted by atomic mass is 10.2. The number of nitrogens with two attached hydrogens (primary N) is 1. The van der Waals surface area contributed by atoms with E-state index in [1.165, 1.54) is 0 Å². The number of hydrogen-bond donors (Lipinski definition) is 2. The number of methoxy groups -OCH3 is 1. The highest BCUT2D eigenvalue weighted by molar-refractivity contribution is 5.77. The molecule has 0 fully saturated rings. The van der Waals surface area contributed by atoms with Crippen molar-refractivity contribution >= 4 is 5.91 Å². The first-order valence-electron chi connectivity index (χ1n) is 5.84. The van der Waals surface area contributed by atoms with E-state index in [1.807, 2.05) is 6.07 Å². The molecule has 0 bridgehead atoms. The minimum Gasteiger partial charge on any atom is -0.497 e. The Morgan fingerprint density at radius 1 is 1.53 bits per heavy atom. The Bertz CT molecular complexity index is 469. The van der Waals surface area contributed by atoms with E-state index in [1.54, 1.807) is 25.3 Å². The van der Waals surface area contributed by atoms with Crippen LogP contribution in [0.15, 0.2) is 18.2 Å². The third kappa shape index (κ3) is 4.85. The summed E-state index contributed by atoms with van der Waals surface area (Å²) >= 11 is 0. The molecule has 0 unspecified atom stereocenters. The van der Waals surface area contributed by atoms with Gasteiger partial charge in [-0.05, 0) is 18.2 Å². The highest BCUT2D eigenvalue weighted by Crippen LogP contribution is 2.23. The van der Waals surface area contributed by atoms with Crippen LogP contribution in [-0.4, -0.2) is 26.2 Å². The molecule has 1 amide bonds. The Labute approximate surface area is 112 Å². The molecule has 0 saturated heterocycles. The summed E-state index contributed by atoms with van der Waals surface area (Å²) in [6.07, 6.45) is 0.280. The third-order valence-corrected chi connectivity index (χ3v) is 2.41. The van der Waals surface area contributed by atoms with E-state index in [0.717, 1.165) is 5.56 Å². The molecule has 0 aromatic heterocycles. The van der Waals surface area contributed by atoms with Crippen molar-refractivity contribution in [2.45, 2.75) is 13.0 Å². The van der Waals surface area contributed by atoms with E-state index in [0.29, 0.717) is 24.6 Å². The van der Waals surface area contributed by atoms with Gasteiger partial charge >= 0.3 is 0 Å². The van der Waals surface area contributed by atoms with Crippen molar-refractivity contribution in [3.8, 4) is 17.6 Å². The lowest BCUT2D eigenvalue weighted by Crippen LogP contribution is -2.29. The minimum absolute atomic E-state index is 0.106. The van der Waals surface area contributed by atoms with Gasteiger partial charge in [0.25, 0.3) is 5.91 Å². The molecule has 3 N–H and O–H groups in total. The zero-order chi connectivity index (χ0) is 14.1. The smallest absolute Gasteiger partial charge is 0.257 e. The topological polar surface area (TPSA) is 97.4 Å². The van der Waals surface area contributed by atoms with Gasteiger partial charge in [-0.3, -0.25) is 4.79 Å². The predicted octanol–water partition coefficient (Wildman–Crippen LogP) is 0.563. The molecule has 19 heavy (non-hydrogen) atoms. The fraction of sp³-hybridized carbons (Fsp3) is 0.385. The van der Waals surface area contributed by atoms with Gasteiger partial charge in [0, 0.05) is 18.7 Å². The van der Waals surface area contributed by atoms with Crippen LogP contribution in [0.5, 0.6) is 11.5 Å². The second-order valence-electron chi connectivity index (χ2n) is 3.72. The number of carbonyl (C=O) groups is 1. The van der Waals surface area contributed by atoms with Crippen LogP contribution in [0.2, 0.25) is 0 Å². The summed E-state index contributed by atoms with van der Waals surface area (Å²) in [5, 5.41) is 10.9. The first kappa shape index (κ1) is 14.8. The molecule has 0 aliphatic carbocycles. The summed E-state index contributed by atoms with van der Waals surface area (Å²) in [5.41, 5.74) is 6.37. The molecule has 0 atom stereocenters. The van der Waals surface area contributed by atoms with Crippen LogP contribution in [0.1, 0.15) is 12.0 Å². The average molecular weight is 263 g/mol. The molecular weight excluding hydrogens is 246 g/mol. The van der Waals surface area contributed by atoms with E-state index in [2.05, 4.69) is 5.32 Å². The fourth-order valence-electron chi connectivity index (χ4n) is 1.44. The molecule has 0 radical (unpaired) electrons. The molecule has 1 aromatic carbocycles. The summed E-state index contributed by atoms with van der Waals surface area (Å²) in [6.45, 7) is 0.512. The maximum atomic E-state index is 11.4. The monoisotopic (exact) mass is 263 g/mol. The Kier molecular flexibility index (Phi) is 6.19. The number of nitrogens with zero attached hydrogens (tertiary/aromatic N) is 1. The van der Waals surface area contributed by atoms with E-state index >= 15 is 0 Å². The van der Waals surface area contributed by atoms with Gasteiger partial charge in [-0.2, -0.15) is 5.26 Å². The maximum absolute atomic E-state index is 11.4. The summed E-state index contributed by atoms with van der Waals surface area (Å²) in [7, 11) is 1.57. The number of amides is 1. The van der Waals surface area contributed by atoms with E-state index in [4.69, 9.17) is 20.5 Å². The van der Waals surface area contributed by atoms with Crippen molar-refractivity contribution in [3.05, 3.63) is 23.8 Å². The van der Waals surface area contributed by atoms with Crippen LogP contribution < -0.4 is 20.5 Å². The Morgan fingerprint density at radius 3 is 2.95 bits per heavy atom. The van der Waals surface area contributed by atoms with Gasteiger partial charge in [-0.1, -0.05) is 0 Å². The Morgan fingerprint density at radius 2 is 2.32 bits per heavy atom. The molecule has 102 valence electrons. The highest BCUT2D eigenvalue weighted by Gasteiger charge is 2.07. The highest BCUT2D eigenvalue weighted by atomic mass is 16.5. The lowest BCUT2D eigenvalue weighted by molar-refractivity contribution is -0.123. The van der Waals surface area contributed by atoms with Gasteiger partial charge < -0.3 is 20.5 Å². The minimum atomic E-state index is -0.269. The first-order valence-corrected chi connectivity index (χ1v) is 5.84. The average Bonchev–Trinajstić information content (AvgIpc) is 2.45. The number of hydrogen-bond acceptors (Lipinski definition) is 5. The fourth-order valence-corrected chi connectivity index (χ4v) is 1.44. The summed E-state index contributed by atoms with van der Waals surface area (Å²) < 4.78 is 10.5. The Balaban J connectivity index is 2.53. The Hall–Kier alpha value is -2.26. The largest absolute Gasteiger partial charge is 0.497 e. The van der Waals surface area contributed by atoms with Crippen molar-refractivity contribution in [2.24, 2.45) is 5.73 Å². The van der Waals surface area contributed by atoms with Gasteiger partial charge in [-0.25, -0.2) is 0 Å². The molecule has 0 heterocycles. The van der Waals surface area contributed by atoms with Crippen LogP contribution in [0.4, 0.5) is 0 Å². The van der Waals surface area contributed by atoms with E-state index < -0.39 is 0 Å².